The topological polar surface area (TPSA) is 78.5 Å². The van der Waals surface area contributed by atoms with Crippen LogP contribution in [0.3, 0.4) is 0 Å². The van der Waals surface area contributed by atoms with Crippen molar-refractivity contribution in [1.29, 1.82) is 5.26 Å². The summed E-state index contributed by atoms with van der Waals surface area (Å²) in [6, 6.07) is 23.2. The highest BCUT2D eigenvalue weighted by atomic mass is 16.5. The van der Waals surface area contributed by atoms with Gasteiger partial charge in [-0.2, -0.15) is 5.26 Å². The quantitative estimate of drug-likeness (QED) is 0.544. The van der Waals surface area contributed by atoms with Crippen LogP contribution < -0.4 is 15.4 Å². The van der Waals surface area contributed by atoms with E-state index in [0.717, 1.165) is 11.1 Å². The second-order valence-corrected chi connectivity index (χ2v) is 6.20. The Morgan fingerprint density at radius 1 is 0.862 bits per heavy atom. The zero-order valence-corrected chi connectivity index (χ0v) is 15.6. The number of nitrogens with zero attached hydrogens (tertiary/aromatic N) is 2. The van der Waals surface area contributed by atoms with Gasteiger partial charge in [-0.05, 0) is 66.2 Å². The summed E-state index contributed by atoms with van der Waals surface area (Å²) in [6.45, 7) is 7.23. The second-order valence-electron chi connectivity index (χ2n) is 6.20. The highest BCUT2D eigenvalue weighted by Gasteiger charge is 2.04. The van der Waals surface area contributed by atoms with Gasteiger partial charge in [0.2, 0.25) is 6.54 Å². The van der Waals surface area contributed by atoms with E-state index >= 15 is 0 Å². The molecule has 0 saturated heterocycles. The van der Waals surface area contributed by atoms with E-state index < -0.39 is 0 Å². The molecule has 0 unspecified atom stereocenters. The first kappa shape index (κ1) is 19.5. The molecule has 0 atom stereocenters. The summed E-state index contributed by atoms with van der Waals surface area (Å²) >= 11 is 0. The molecule has 0 aliphatic heterocycles. The van der Waals surface area contributed by atoms with Crippen LogP contribution in [-0.2, 0) is 13.0 Å². The van der Waals surface area contributed by atoms with Crippen molar-refractivity contribution in [1.82, 2.24) is 0 Å². The van der Waals surface area contributed by atoms with E-state index in [1.54, 1.807) is 48.5 Å². The molecule has 0 spiro atoms. The first-order valence-electron chi connectivity index (χ1n) is 8.90. The van der Waals surface area contributed by atoms with Crippen LogP contribution in [0.1, 0.15) is 11.1 Å². The summed E-state index contributed by atoms with van der Waals surface area (Å²) in [5, 5.41) is 14.2. The van der Waals surface area contributed by atoms with E-state index in [1.807, 2.05) is 24.3 Å². The standard InChI is InChI=1S/C23H18N4O2/c1-25-16-18-4-10-21(11-5-18)29-22-12-8-20(9-13-22)27-23(28)26-19-6-2-17(3-7-19)14-15-24/h2-13H,14,16H2,(H2,26,27,28). The van der Waals surface area contributed by atoms with Crippen molar-refractivity contribution in [3.05, 3.63) is 95.3 Å². The Labute approximate surface area is 169 Å². The Bertz CT molecular complexity index is 1040. The summed E-state index contributed by atoms with van der Waals surface area (Å²) < 4.78 is 5.77. The van der Waals surface area contributed by atoms with Crippen LogP contribution in [0.25, 0.3) is 4.85 Å². The molecule has 6 heteroatoms. The number of urea groups is 1. The van der Waals surface area contributed by atoms with E-state index in [1.165, 1.54) is 0 Å². The van der Waals surface area contributed by atoms with Gasteiger partial charge < -0.3 is 20.2 Å². The van der Waals surface area contributed by atoms with E-state index in [4.69, 9.17) is 16.6 Å². The van der Waals surface area contributed by atoms with Gasteiger partial charge in [0, 0.05) is 16.9 Å². The van der Waals surface area contributed by atoms with Gasteiger partial charge in [0.1, 0.15) is 11.5 Å². The molecule has 3 aromatic carbocycles. The lowest BCUT2D eigenvalue weighted by Crippen LogP contribution is -2.19. The largest absolute Gasteiger partial charge is 0.457 e. The molecule has 0 aliphatic carbocycles. The number of anilines is 2. The molecule has 2 N–H and O–H groups in total. The van der Waals surface area contributed by atoms with Crippen molar-refractivity contribution in [3.63, 3.8) is 0 Å². The maximum atomic E-state index is 12.1. The van der Waals surface area contributed by atoms with Crippen molar-refractivity contribution in [2.45, 2.75) is 13.0 Å². The van der Waals surface area contributed by atoms with Gasteiger partial charge in [-0.3, -0.25) is 0 Å². The summed E-state index contributed by atoms with van der Waals surface area (Å²) in [7, 11) is 0. The molecule has 0 saturated carbocycles. The average Bonchev–Trinajstić information content (AvgIpc) is 2.73. The highest BCUT2D eigenvalue weighted by molar-refractivity contribution is 5.99. The molecular weight excluding hydrogens is 364 g/mol. The predicted octanol–water partition coefficient (Wildman–Crippen LogP) is 5.61. The van der Waals surface area contributed by atoms with Gasteiger partial charge in [0.25, 0.3) is 0 Å². The fourth-order valence-corrected chi connectivity index (χ4v) is 2.59. The average molecular weight is 382 g/mol. The smallest absolute Gasteiger partial charge is 0.323 e. The zero-order chi connectivity index (χ0) is 20.5. The molecule has 6 nitrogen and oxygen atoms in total. The zero-order valence-electron chi connectivity index (χ0n) is 15.6. The predicted molar refractivity (Wildman–Crippen MR) is 112 cm³/mol. The lowest BCUT2D eigenvalue weighted by molar-refractivity contribution is 0.262. The molecule has 0 bridgehead atoms. The third-order valence-electron chi connectivity index (χ3n) is 4.03. The summed E-state index contributed by atoms with van der Waals surface area (Å²) in [5.74, 6) is 1.32. The fourth-order valence-electron chi connectivity index (χ4n) is 2.59. The van der Waals surface area contributed by atoms with Crippen LogP contribution in [-0.4, -0.2) is 6.03 Å². The van der Waals surface area contributed by atoms with Crippen LogP contribution >= 0.6 is 0 Å². The summed E-state index contributed by atoms with van der Waals surface area (Å²) in [4.78, 5) is 15.5. The Morgan fingerprint density at radius 3 is 1.86 bits per heavy atom. The van der Waals surface area contributed by atoms with E-state index in [2.05, 4.69) is 21.5 Å². The molecule has 0 aliphatic rings. The number of benzene rings is 3. The van der Waals surface area contributed by atoms with Gasteiger partial charge in [0.05, 0.1) is 12.5 Å². The second kappa shape index (κ2) is 9.59. The van der Waals surface area contributed by atoms with Crippen LogP contribution in [0.4, 0.5) is 16.2 Å². The van der Waals surface area contributed by atoms with E-state index in [-0.39, 0.29) is 6.03 Å². The Morgan fingerprint density at radius 2 is 1.34 bits per heavy atom. The molecule has 0 heterocycles. The lowest BCUT2D eigenvalue weighted by atomic mass is 10.1. The third-order valence-corrected chi connectivity index (χ3v) is 4.03. The molecule has 3 aromatic rings. The molecule has 0 fully saturated rings. The normalized spacial score (nSPS) is 9.72. The molecule has 0 radical (unpaired) electrons. The fraction of sp³-hybridized carbons (Fsp3) is 0.0870. The van der Waals surface area contributed by atoms with Crippen molar-refractivity contribution >= 4 is 17.4 Å². The van der Waals surface area contributed by atoms with Gasteiger partial charge >= 0.3 is 6.03 Å². The third kappa shape index (κ3) is 5.85. The Balaban J connectivity index is 1.53. The monoisotopic (exact) mass is 382 g/mol. The van der Waals surface area contributed by atoms with Crippen molar-refractivity contribution in [3.8, 4) is 17.6 Å². The summed E-state index contributed by atoms with van der Waals surface area (Å²) in [6.07, 6.45) is 0.339. The number of nitriles is 1. The summed E-state index contributed by atoms with van der Waals surface area (Å²) in [5.41, 5.74) is 3.11. The van der Waals surface area contributed by atoms with Crippen molar-refractivity contribution in [2.24, 2.45) is 0 Å². The first-order chi connectivity index (χ1) is 14.2. The SMILES string of the molecule is [C-]#[N+]Cc1ccc(Oc2ccc(NC(=O)Nc3ccc(CC#N)cc3)cc2)cc1. The van der Waals surface area contributed by atoms with Crippen LogP contribution in [0.2, 0.25) is 0 Å². The minimum atomic E-state index is -0.359. The number of carbonyl (C=O) groups is 1. The van der Waals surface area contributed by atoms with E-state index in [0.29, 0.717) is 35.8 Å². The van der Waals surface area contributed by atoms with Gasteiger partial charge in [-0.15, -0.1) is 0 Å². The Hall–Kier alpha value is -4.29. The van der Waals surface area contributed by atoms with Gasteiger partial charge in [-0.1, -0.05) is 12.1 Å². The maximum absolute atomic E-state index is 12.1. The number of hydrogen-bond acceptors (Lipinski definition) is 3. The number of hydrogen-bond donors (Lipinski definition) is 2. The van der Waals surface area contributed by atoms with Crippen LogP contribution in [0.5, 0.6) is 11.5 Å². The van der Waals surface area contributed by atoms with Crippen LogP contribution in [0.15, 0.2) is 72.8 Å². The molecule has 3 rings (SSSR count). The van der Waals surface area contributed by atoms with Crippen LogP contribution in [0, 0.1) is 17.9 Å². The lowest BCUT2D eigenvalue weighted by Gasteiger charge is -2.10. The molecular formula is C23H18N4O2. The van der Waals surface area contributed by atoms with Gasteiger partial charge in [0.15, 0.2) is 0 Å². The molecule has 2 amide bonds. The maximum Gasteiger partial charge on any atom is 0.323 e. The van der Waals surface area contributed by atoms with Gasteiger partial charge in [-0.25, -0.2) is 11.4 Å². The highest BCUT2D eigenvalue weighted by Crippen LogP contribution is 2.23. The first-order valence-corrected chi connectivity index (χ1v) is 8.90. The molecule has 0 aromatic heterocycles. The number of ether oxygens (including phenoxy) is 1. The number of amides is 2. The number of rotatable bonds is 6. The van der Waals surface area contributed by atoms with Crippen molar-refractivity contribution < 1.29 is 9.53 Å². The minimum Gasteiger partial charge on any atom is -0.457 e. The number of carbonyl (C=O) groups excluding carboxylic acids is 1. The van der Waals surface area contributed by atoms with E-state index in [9.17, 15) is 4.79 Å². The minimum absolute atomic E-state index is 0.339. The Kier molecular flexibility index (Phi) is 6.44. The molecule has 142 valence electrons. The molecule has 29 heavy (non-hydrogen) atoms. The van der Waals surface area contributed by atoms with Crippen molar-refractivity contribution in [2.75, 3.05) is 10.6 Å². The number of nitrogens with one attached hydrogen (secondary N) is 2.